The van der Waals surface area contributed by atoms with Crippen molar-refractivity contribution in [2.45, 2.75) is 38.3 Å². The van der Waals surface area contributed by atoms with Crippen LogP contribution in [0.2, 0.25) is 5.02 Å². The SMILES string of the molecule is CCCNC(c1cc(Cl)c(Br)cc1F)C1CCCO1. The summed E-state index contributed by atoms with van der Waals surface area (Å²) in [6.07, 6.45) is 3.00. The zero-order chi connectivity index (χ0) is 13.8. The number of benzene rings is 1. The third-order valence-electron chi connectivity index (χ3n) is 3.33. The van der Waals surface area contributed by atoms with Crippen LogP contribution in [0.15, 0.2) is 16.6 Å². The molecule has 0 bridgehead atoms. The topological polar surface area (TPSA) is 21.3 Å². The van der Waals surface area contributed by atoms with Crippen LogP contribution >= 0.6 is 27.5 Å². The Morgan fingerprint density at radius 1 is 1.58 bits per heavy atom. The van der Waals surface area contributed by atoms with Gasteiger partial charge in [-0.25, -0.2) is 4.39 Å². The van der Waals surface area contributed by atoms with Crippen molar-refractivity contribution in [1.82, 2.24) is 5.32 Å². The highest BCUT2D eigenvalue weighted by molar-refractivity contribution is 9.10. The summed E-state index contributed by atoms with van der Waals surface area (Å²) in [7, 11) is 0. The molecule has 1 saturated heterocycles. The van der Waals surface area contributed by atoms with Gasteiger partial charge in [-0.1, -0.05) is 18.5 Å². The van der Waals surface area contributed by atoms with Gasteiger partial charge in [-0.05, 0) is 53.9 Å². The van der Waals surface area contributed by atoms with Gasteiger partial charge >= 0.3 is 0 Å². The van der Waals surface area contributed by atoms with E-state index in [2.05, 4.69) is 28.2 Å². The van der Waals surface area contributed by atoms with Crippen molar-refractivity contribution in [2.24, 2.45) is 0 Å². The number of nitrogens with one attached hydrogen (secondary N) is 1. The average Bonchev–Trinajstić information content (AvgIpc) is 2.89. The second-order valence-corrected chi connectivity index (χ2v) is 6.03. The Balaban J connectivity index is 2.28. The second-order valence-electron chi connectivity index (χ2n) is 4.77. The van der Waals surface area contributed by atoms with Crippen LogP contribution in [-0.2, 0) is 4.74 Å². The first-order valence-corrected chi connectivity index (χ1v) is 7.80. The first-order chi connectivity index (χ1) is 9.13. The van der Waals surface area contributed by atoms with Crippen LogP contribution in [0.3, 0.4) is 0 Å². The largest absolute Gasteiger partial charge is 0.376 e. The smallest absolute Gasteiger partial charge is 0.129 e. The third-order valence-corrected chi connectivity index (χ3v) is 4.52. The molecule has 1 aromatic carbocycles. The summed E-state index contributed by atoms with van der Waals surface area (Å²) in [5, 5.41) is 3.90. The molecular formula is C14H18BrClFNO. The number of ether oxygens (including phenoxy) is 1. The Labute approximate surface area is 126 Å². The van der Waals surface area contributed by atoms with E-state index in [9.17, 15) is 4.39 Å². The van der Waals surface area contributed by atoms with E-state index in [1.807, 2.05) is 0 Å². The molecule has 1 N–H and O–H groups in total. The highest BCUT2D eigenvalue weighted by Gasteiger charge is 2.29. The Morgan fingerprint density at radius 3 is 3.00 bits per heavy atom. The van der Waals surface area contributed by atoms with Crippen molar-refractivity contribution in [1.29, 1.82) is 0 Å². The van der Waals surface area contributed by atoms with Crippen molar-refractivity contribution in [3.05, 3.63) is 33.0 Å². The van der Waals surface area contributed by atoms with Crippen molar-refractivity contribution in [3.63, 3.8) is 0 Å². The predicted molar refractivity (Wildman–Crippen MR) is 79.1 cm³/mol. The molecule has 19 heavy (non-hydrogen) atoms. The summed E-state index contributed by atoms with van der Waals surface area (Å²) in [6, 6.07) is 2.98. The number of rotatable bonds is 5. The predicted octanol–water partition coefficient (Wildman–Crippen LogP) is 4.46. The van der Waals surface area contributed by atoms with Crippen molar-refractivity contribution in [2.75, 3.05) is 13.2 Å². The van der Waals surface area contributed by atoms with Crippen LogP contribution in [0, 0.1) is 5.82 Å². The normalized spacial score (nSPS) is 20.7. The first-order valence-electron chi connectivity index (χ1n) is 6.63. The minimum atomic E-state index is -0.250. The van der Waals surface area contributed by atoms with Gasteiger partial charge in [-0.2, -0.15) is 0 Å². The molecule has 0 aliphatic carbocycles. The molecule has 2 rings (SSSR count). The lowest BCUT2D eigenvalue weighted by molar-refractivity contribution is 0.0771. The van der Waals surface area contributed by atoms with Gasteiger partial charge in [-0.15, -0.1) is 0 Å². The van der Waals surface area contributed by atoms with Gasteiger partial charge in [0.15, 0.2) is 0 Å². The van der Waals surface area contributed by atoms with Gasteiger partial charge in [0.2, 0.25) is 0 Å². The molecule has 0 spiro atoms. The Hall–Kier alpha value is -0.160. The van der Waals surface area contributed by atoms with E-state index in [0.29, 0.717) is 15.1 Å². The van der Waals surface area contributed by atoms with Crippen molar-refractivity contribution >= 4 is 27.5 Å². The summed E-state index contributed by atoms with van der Waals surface area (Å²) in [5.74, 6) is -0.250. The lowest BCUT2D eigenvalue weighted by atomic mass is 9.98. The molecule has 1 aliphatic rings. The van der Waals surface area contributed by atoms with E-state index in [0.717, 1.165) is 32.4 Å². The van der Waals surface area contributed by atoms with E-state index in [1.54, 1.807) is 6.07 Å². The van der Waals surface area contributed by atoms with Crippen molar-refractivity contribution in [3.8, 4) is 0 Å². The van der Waals surface area contributed by atoms with E-state index < -0.39 is 0 Å². The van der Waals surface area contributed by atoms with Gasteiger partial charge in [0.05, 0.1) is 17.2 Å². The van der Waals surface area contributed by atoms with Gasteiger partial charge in [-0.3, -0.25) is 0 Å². The summed E-state index contributed by atoms with van der Waals surface area (Å²) >= 11 is 9.33. The molecule has 2 atom stereocenters. The summed E-state index contributed by atoms with van der Waals surface area (Å²) < 4.78 is 20.5. The lowest BCUT2D eigenvalue weighted by Gasteiger charge is -2.25. The first kappa shape index (κ1) is 15.2. The monoisotopic (exact) mass is 349 g/mol. The fourth-order valence-electron chi connectivity index (χ4n) is 2.38. The highest BCUT2D eigenvalue weighted by Crippen LogP contribution is 2.33. The molecule has 106 valence electrons. The summed E-state index contributed by atoms with van der Waals surface area (Å²) in [5.41, 5.74) is 0.591. The van der Waals surface area contributed by atoms with E-state index in [-0.39, 0.29) is 18.0 Å². The quantitative estimate of drug-likeness (QED) is 0.792. The number of hydrogen-bond acceptors (Lipinski definition) is 2. The zero-order valence-electron chi connectivity index (χ0n) is 10.9. The molecule has 1 fully saturated rings. The van der Waals surface area contributed by atoms with Crippen LogP contribution in [0.1, 0.15) is 37.8 Å². The van der Waals surface area contributed by atoms with Crippen LogP contribution in [0.5, 0.6) is 0 Å². The minimum Gasteiger partial charge on any atom is -0.376 e. The molecule has 2 nitrogen and oxygen atoms in total. The Kier molecular flexibility index (Phi) is 5.63. The molecule has 0 aromatic heterocycles. The van der Waals surface area contributed by atoms with Crippen LogP contribution < -0.4 is 5.32 Å². The maximum atomic E-state index is 14.2. The molecule has 0 amide bonds. The zero-order valence-corrected chi connectivity index (χ0v) is 13.2. The highest BCUT2D eigenvalue weighted by atomic mass is 79.9. The Morgan fingerprint density at radius 2 is 2.37 bits per heavy atom. The van der Waals surface area contributed by atoms with E-state index in [4.69, 9.17) is 16.3 Å². The molecule has 2 unspecified atom stereocenters. The minimum absolute atomic E-state index is 0.0262. The van der Waals surface area contributed by atoms with E-state index >= 15 is 0 Å². The van der Waals surface area contributed by atoms with Gasteiger partial charge in [0.1, 0.15) is 5.82 Å². The number of hydrogen-bond donors (Lipinski definition) is 1. The molecule has 0 radical (unpaired) electrons. The second kappa shape index (κ2) is 7.02. The fraction of sp³-hybridized carbons (Fsp3) is 0.571. The fourth-order valence-corrected chi connectivity index (χ4v) is 2.87. The molecule has 1 aliphatic heterocycles. The van der Waals surface area contributed by atoms with E-state index in [1.165, 1.54) is 6.07 Å². The summed E-state index contributed by atoms with van der Waals surface area (Å²) in [4.78, 5) is 0. The van der Waals surface area contributed by atoms with Gasteiger partial charge in [0, 0.05) is 16.6 Å². The Bertz CT molecular complexity index is 438. The van der Waals surface area contributed by atoms with Crippen molar-refractivity contribution < 1.29 is 9.13 Å². The molecule has 0 saturated carbocycles. The van der Waals surface area contributed by atoms with Crippen LogP contribution in [-0.4, -0.2) is 19.3 Å². The average molecular weight is 351 g/mol. The maximum absolute atomic E-state index is 14.2. The lowest BCUT2D eigenvalue weighted by Crippen LogP contribution is -2.33. The molecule has 1 heterocycles. The summed E-state index contributed by atoms with van der Waals surface area (Å²) in [6.45, 7) is 3.67. The standard InChI is InChI=1S/C14H18BrClFNO/c1-2-5-18-14(13-4-3-6-19-13)9-7-11(16)10(15)8-12(9)17/h7-8,13-14,18H,2-6H2,1H3. The van der Waals surface area contributed by atoms with Gasteiger partial charge in [0.25, 0.3) is 0 Å². The third kappa shape index (κ3) is 3.69. The van der Waals surface area contributed by atoms with Gasteiger partial charge < -0.3 is 10.1 Å². The number of halogens is 3. The molecule has 1 aromatic rings. The van der Waals surface area contributed by atoms with Crippen LogP contribution in [0.25, 0.3) is 0 Å². The molecule has 5 heteroatoms. The molecular weight excluding hydrogens is 333 g/mol. The maximum Gasteiger partial charge on any atom is 0.129 e. The van der Waals surface area contributed by atoms with Crippen LogP contribution in [0.4, 0.5) is 4.39 Å².